The van der Waals surface area contributed by atoms with E-state index in [0.29, 0.717) is 34.9 Å². The summed E-state index contributed by atoms with van der Waals surface area (Å²) in [5, 5.41) is 0.667. The molecule has 0 aliphatic carbocycles. The molecule has 1 fully saturated rings. The Morgan fingerprint density at radius 3 is 2.36 bits per heavy atom. The average molecular weight is 423 g/mol. The van der Waals surface area contributed by atoms with Crippen molar-refractivity contribution >= 4 is 33.2 Å². The first-order valence-electron chi connectivity index (χ1n) is 9.01. The largest absolute Gasteiger partial charge is 0.490 e. The molecule has 1 saturated heterocycles. The summed E-state index contributed by atoms with van der Waals surface area (Å²) in [5.41, 5.74) is 1.74. The molecule has 2 aromatic carbocycles. The molecule has 150 valence electrons. The number of nitrogens with zero attached hydrogens (tertiary/aromatic N) is 1. The number of sulfonamides is 1. The van der Waals surface area contributed by atoms with Crippen molar-refractivity contribution in [3.63, 3.8) is 0 Å². The van der Waals surface area contributed by atoms with Crippen LogP contribution in [-0.2, 0) is 10.0 Å². The summed E-state index contributed by atoms with van der Waals surface area (Å²) in [6, 6.07) is 12.3. The van der Waals surface area contributed by atoms with Gasteiger partial charge in [-0.1, -0.05) is 11.6 Å². The van der Waals surface area contributed by atoms with E-state index in [9.17, 15) is 13.2 Å². The number of rotatable bonds is 5. The van der Waals surface area contributed by atoms with E-state index >= 15 is 0 Å². The van der Waals surface area contributed by atoms with Crippen molar-refractivity contribution in [2.24, 2.45) is 0 Å². The Labute approximate surface area is 170 Å². The minimum Gasteiger partial charge on any atom is -0.490 e. The normalized spacial score (nSPS) is 15.3. The predicted octanol–water partition coefficient (Wildman–Crippen LogP) is 3.70. The molecule has 1 heterocycles. The second-order valence-electron chi connectivity index (χ2n) is 6.97. The minimum atomic E-state index is -3.35. The summed E-state index contributed by atoms with van der Waals surface area (Å²) in [6.45, 7) is 3.00. The van der Waals surface area contributed by atoms with E-state index in [0.717, 1.165) is 24.8 Å². The van der Waals surface area contributed by atoms with Crippen LogP contribution in [-0.4, -0.2) is 44.7 Å². The number of halogens is 1. The van der Waals surface area contributed by atoms with Gasteiger partial charge in [-0.15, -0.1) is 0 Å². The van der Waals surface area contributed by atoms with E-state index < -0.39 is 10.0 Å². The topological polar surface area (TPSA) is 75.7 Å². The van der Waals surface area contributed by atoms with E-state index in [1.54, 1.807) is 42.2 Å². The zero-order chi connectivity index (χ0) is 20.3. The zero-order valence-electron chi connectivity index (χ0n) is 15.8. The molecule has 3 rings (SSSR count). The standard InChI is InChI=1S/C20H23ClN2O4S/c1-14-13-15(3-8-19(14)22-28(2,25)26)20(24)23-11-9-18(10-12-23)27-17-6-4-16(21)5-7-17/h3-8,13,18,22H,9-12H2,1-2H3. The maximum atomic E-state index is 12.8. The monoisotopic (exact) mass is 422 g/mol. The van der Waals surface area contributed by atoms with Gasteiger partial charge in [0.2, 0.25) is 10.0 Å². The third kappa shape index (κ3) is 5.39. The Morgan fingerprint density at radius 1 is 1.14 bits per heavy atom. The van der Waals surface area contributed by atoms with Crippen LogP contribution in [0.2, 0.25) is 5.02 Å². The molecule has 0 radical (unpaired) electrons. The van der Waals surface area contributed by atoms with E-state index in [1.165, 1.54) is 0 Å². The second-order valence-corrected chi connectivity index (χ2v) is 9.15. The number of nitrogens with one attached hydrogen (secondary N) is 1. The molecule has 0 saturated carbocycles. The van der Waals surface area contributed by atoms with Gasteiger partial charge in [0, 0.05) is 36.5 Å². The molecule has 0 unspecified atom stereocenters. The number of hydrogen-bond acceptors (Lipinski definition) is 4. The first kappa shape index (κ1) is 20.5. The highest BCUT2D eigenvalue weighted by atomic mass is 35.5. The highest BCUT2D eigenvalue weighted by Gasteiger charge is 2.25. The number of ether oxygens (including phenoxy) is 1. The molecule has 0 spiro atoms. The van der Waals surface area contributed by atoms with Gasteiger partial charge in [0.15, 0.2) is 0 Å². The molecule has 0 aromatic heterocycles. The second kappa shape index (κ2) is 8.41. The number of aryl methyl sites for hydroxylation is 1. The molecule has 1 N–H and O–H groups in total. The van der Waals surface area contributed by atoms with E-state index in [1.807, 2.05) is 12.1 Å². The van der Waals surface area contributed by atoms with E-state index in [4.69, 9.17) is 16.3 Å². The van der Waals surface area contributed by atoms with Gasteiger partial charge in [-0.2, -0.15) is 0 Å². The van der Waals surface area contributed by atoms with Crippen LogP contribution in [0, 0.1) is 6.92 Å². The van der Waals surface area contributed by atoms with Crippen LogP contribution in [0.5, 0.6) is 5.75 Å². The number of hydrogen-bond donors (Lipinski definition) is 1. The minimum absolute atomic E-state index is 0.0565. The highest BCUT2D eigenvalue weighted by Crippen LogP contribution is 2.23. The number of carbonyl (C=O) groups excluding carboxylic acids is 1. The summed E-state index contributed by atoms with van der Waals surface area (Å²) in [7, 11) is -3.35. The summed E-state index contributed by atoms with van der Waals surface area (Å²) in [6.07, 6.45) is 2.66. The van der Waals surface area contributed by atoms with Crippen LogP contribution in [0.25, 0.3) is 0 Å². The van der Waals surface area contributed by atoms with Crippen LogP contribution in [0.15, 0.2) is 42.5 Å². The third-order valence-corrected chi connectivity index (χ3v) is 5.46. The fourth-order valence-electron chi connectivity index (χ4n) is 3.18. The van der Waals surface area contributed by atoms with Crippen molar-refractivity contribution in [1.29, 1.82) is 0 Å². The number of benzene rings is 2. The summed E-state index contributed by atoms with van der Waals surface area (Å²) < 4.78 is 31.2. The quantitative estimate of drug-likeness (QED) is 0.797. The van der Waals surface area contributed by atoms with Crippen molar-refractivity contribution < 1.29 is 17.9 Å². The van der Waals surface area contributed by atoms with Gasteiger partial charge in [-0.05, 0) is 55.0 Å². The zero-order valence-corrected chi connectivity index (χ0v) is 17.4. The number of piperidine rings is 1. The van der Waals surface area contributed by atoms with Gasteiger partial charge >= 0.3 is 0 Å². The molecule has 28 heavy (non-hydrogen) atoms. The van der Waals surface area contributed by atoms with Gasteiger partial charge in [-0.25, -0.2) is 8.42 Å². The maximum absolute atomic E-state index is 12.8. The molecule has 1 aliphatic heterocycles. The molecule has 2 aromatic rings. The average Bonchev–Trinajstić information content (AvgIpc) is 2.64. The Hall–Kier alpha value is -2.25. The molecule has 8 heteroatoms. The highest BCUT2D eigenvalue weighted by molar-refractivity contribution is 7.92. The molecular formula is C20H23ClN2O4S. The van der Waals surface area contributed by atoms with Crippen molar-refractivity contribution in [1.82, 2.24) is 4.90 Å². The summed E-state index contributed by atoms with van der Waals surface area (Å²) in [5.74, 6) is 0.720. The summed E-state index contributed by atoms with van der Waals surface area (Å²) >= 11 is 5.89. The Kier molecular flexibility index (Phi) is 6.15. The first-order chi connectivity index (χ1) is 13.2. The molecule has 1 aliphatic rings. The molecule has 0 bridgehead atoms. The van der Waals surface area contributed by atoms with Crippen molar-refractivity contribution in [2.75, 3.05) is 24.1 Å². The van der Waals surface area contributed by atoms with Crippen molar-refractivity contribution in [3.05, 3.63) is 58.6 Å². The van der Waals surface area contributed by atoms with Gasteiger partial charge in [0.1, 0.15) is 11.9 Å². The van der Waals surface area contributed by atoms with Crippen LogP contribution >= 0.6 is 11.6 Å². The smallest absolute Gasteiger partial charge is 0.253 e. The van der Waals surface area contributed by atoms with E-state index in [-0.39, 0.29) is 12.0 Å². The number of carbonyl (C=O) groups is 1. The van der Waals surface area contributed by atoms with Gasteiger partial charge in [0.25, 0.3) is 5.91 Å². The maximum Gasteiger partial charge on any atom is 0.253 e. The Balaban J connectivity index is 1.59. The lowest BCUT2D eigenvalue weighted by molar-refractivity contribution is 0.0595. The SMILES string of the molecule is Cc1cc(C(=O)N2CCC(Oc3ccc(Cl)cc3)CC2)ccc1NS(C)(=O)=O. The Bertz CT molecular complexity index is 953. The fourth-order valence-corrected chi connectivity index (χ4v) is 3.93. The van der Waals surface area contributed by atoms with Crippen molar-refractivity contribution in [2.45, 2.75) is 25.9 Å². The summed E-state index contributed by atoms with van der Waals surface area (Å²) in [4.78, 5) is 14.6. The molecule has 6 nitrogen and oxygen atoms in total. The van der Waals surface area contributed by atoms with Crippen LogP contribution in [0.1, 0.15) is 28.8 Å². The molecular weight excluding hydrogens is 400 g/mol. The predicted molar refractivity (Wildman–Crippen MR) is 111 cm³/mol. The number of likely N-dealkylation sites (tertiary alicyclic amines) is 1. The van der Waals surface area contributed by atoms with Crippen LogP contribution in [0.3, 0.4) is 0 Å². The van der Waals surface area contributed by atoms with Gasteiger partial charge in [-0.3, -0.25) is 9.52 Å². The first-order valence-corrected chi connectivity index (χ1v) is 11.3. The van der Waals surface area contributed by atoms with E-state index in [2.05, 4.69) is 4.72 Å². The number of anilines is 1. The lowest BCUT2D eigenvalue weighted by Gasteiger charge is -2.32. The third-order valence-electron chi connectivity index (χ3n) is 4.61. The number of amides is 1. The molecule has 0 atom stereocenters. The van der Waals surface area contributed by atoms with Gasteiger partial charge < -0.3 is 9.64 Å². The van der Waals surface area contributed by atoms with Crippen LogP contribution < -0.4 is 9.46 Å². The lowest BCUT2D eigenvalue weighted by atomic mass is 10.0. The lowest BCUT2D eigenvalue weighted by Crippen LogP contribution is -2.41. The fraction of sp³-hybridized carbons (Fsp3) is 0.350. The molecule has 1 amide bonds. The van der Waals surface area contributed by atoms with Crippen LogP contribution in [0.4, 0.5) is 5.69 Å². The Morgan fingerprint density at radius 2 is 1.79 bits per heavy atom. The van der Waals surface area contributed by atoms with Crippen molar-refractivity contribution in [3.8, 4) is 5.75 Å². The van der Waals surface area contributed by atoms with Gasteiger partial charge in [0.05, 0.1) is 11.9 Å².